The number of ether oxygens (including phenoxy) is 1. The number of carbonyl (C=O) groups excluding carboxylic acids is 1. The molecule has 0 aliphatic carbocycles. The Bertz CT molecular complexity index is 492. The molecule has 1 saturated heterocycles. The van der Waals surface area contributed by atoms with Crippen LogP contribution < -0.4 is 0 Å². The molecular formula is C19H36BNO4. The van der Waals surface area contributed by atoms with E-state index in [9.17, 15) is 4.79 Å². The maximum Gasteiger partial charge on any atom is 0.490 e. The maximum absolute atomic E-state index is 12.5. The number of likely N-dealkylation sites (N-methyl/N-ethyl adjacent to an activating group) is 1. The average molecular weight is 353 g/mol. The van der Waals surface area contributed by atoms with Gasteiger partial charge in [0, 0.05) is 6.54 Å². The van der Waals surface area contributed by atoms with Gasteiger partial charge in [0.25, 0.3) is 0 Å². The molecule has 1 amide bonds. The Morgan fingerprint density at radius 2 is 1.64 bits per heavy atom. The molecule has 1 aliphatic heterocycles. The van der Waals surface area contributed by atoms with E-state index in [1.54, 1.807) is 4.90 Å². The summed E-state index contributed by atoms with van der Waals surface area (Å²) in [4.78, 5) is 14.3. The normalized spacial score (nSPS) is 21.2. The van der Waals surface area contributed by atoms with E-state index >= 15 is 0 Å². The minimum absolute atomic E-state index is 0.0566. The lowest BCUT2D eigenvalue weighted by Gasteiger charge is -2.32. The van der Waals surface area contributed by atoms with Crippen molar-refractivity contribution in [1.82, 2.24) is 4.90 Å². The van der Waals surface area contributed by atoms with Gasteiger partial charge in [0.15, 0.2) is 0 Å². The van der Waals surface area contributed by atoms with Crippen molar-refractivity contribution < 1.29 is 18.8 Å². The number of allylic oxidation sites excluding steroid dienone is 1. The second-order valence-corrected chi connectivity index (χ2v) is 8.74. The zero-order chi connectivity index (χ0) is 19.6. The SMILES string of the molecule is CCC(/C=C(\C)B1OC(C)(C)C(C)(C)O1)N(CC)C(=O)OC(C)(C)C. The molecule has 0 bridgehead atoms. The van der Waals surface area contributed by atoms with E-state index in [0.29, 0.717) is 6.54 Å². The van der Waals surface area contributed by atoms with Gasteiger partial charge in [-0.15, -0.1) is 0 Å². The molecule has 1 aliphatic rings. The van der Waals surface area contributed by atoms with Crippen LogP contribution in [0.1, 0.15) is 75.7 Å². The maximum atomic E-state index is 12.5. The van der Waals surface area contributed by atoms with Crippen LogP contribution in [0.25, 0.3) is 0 Å². The molecule has 0 spiro atoms. The lowest BCUT2D eigenvalue weighted by molar-refractivity contribution is 0.00578. The highest BCUT2D eigenvalue weighted by atomic mass is 16.7. The molecule has 144 valence electrons. The molecule has 0 aromatic rings. The standard InChI is InChI=1S/C19H36BNO4/c1-11-15(21(12-2)16(22)23-17(4,5)6)13-14(3)20-24-18(7,8)19(9,10)25-20/h13,15H,11-12H2,1-10H3/b14-13+. The lowest BCUT2D eigenvalue weighted by Crippen LogP contribution is -2.42. The van der Waals surface area contributed by atoms with Crippen molar-refractivity contribution in [3.8, 4) is 0 Å². The molecule has 0 N–H and O–H groups in total. The highest BCUT2D eigenvalue weighted by Crippen LogP contribution is 2.38. The second-order valence-electron chi connectivity index (χ2n) is 8.74. The van der Waals surface area contributed by atoms with Gasteiger partial charge in [-0.2, -0.15) is 0 Å². The summed E-state index contributed by atoms with van der Waals surface area (Å²) >= 11 is 0. The van der Waals surface area contributed by atoms with Gasteiger partial charge in [0.1, 0.15) is 5.60 Å². The Labute approximate surface area is 154 Å². The summed E-state index contributed by atoms with van der Waals surface area (Å²) in [6.45, 7) is 20.4. The number of amides is 1. The van der Waals surface area contributed by atoms with Crippen LogP contribution in [0.4, 0.5) is 4.79 Å². The molecule has 25 heavy (non-hydrogen) atoms. The minimum Gasteiger partial charge on any atom is -0.444 e. The van der Waals surface area contributed by atoms with Crippen LogP contribution in [0.15, 0.2) is 11.5 Å². The summed E-state index contributed by atoms with van der Waals surface area (Å²) in [6.07, 6.45) is 2.57. The van der Waals surface area contributed by atoms with Gasteiger partial charge >= 0.3 is 13.2 Å². The molecule has 1 fully saturated rings. The highest BCUT2D eigenvalue weighted by Gasteiger charge is 2.51. The van der Waals surface area contributed by atoms with Crippen molar-refractivity contribution in [3.05, 3.63) is 11.5 Å². The first kappa shape index (κ1) is 22.0. The summed E-state index contributed by atoms with van der Waals surface area (Å²) < 4.78 is 17.7. The summed E-state index contributed by atoms with van der Waals surface area (Å²) in [5, 5.41) is 0. The summed E-state index contributed by atoms with van der Waals surface area (Å²) in [7, 11) is -0.392. The average Bonchev–Trinajstić information content (AvgIpc) is 2.65. The fourth-order valence-electron chi connectivity index (χ4n) is 2.66. The quantitative estimate of drug-likeness (QED) is 0.678. The van der Waals surface area contributed by atoms with Crippen molar-refractivity contribution in [3.63, 3.8) is 0 Å². The number of rotatable bonds is 5. The van der Waals surface area contributed by atoms with Crippen molar-refractivity contribution in [2.24, 2.45) is 0 Å². The highest BCUT2D eigenvalue weighted by molar-refractivity contribution is 6.54. The van der Waals surface area contributed by atoms with Crippen molar-refractivity contribution in [2.45, 2.75) is 98.5 Å². The zero-order valence-corrected chi connectivity index (χ0v) is 17.7. The van der Waals surface area contributed by atoms with Gasteiger partial charge in [-0.3, -0.25) is 0 Å². The van der Waals surface area contributed by atoms with Gasteiger partial charge in [0.05, 0.1) is 17.2 Å². The molecule has 0 aromatic carbocycles. The van der Waals surface area contributed by atoms with E-state index in [1.807, 2.05) is 62.3 Å². The third-order valence-electron chi connectivity index (χ3n) is 4.87. The summed E-state index contributed by atoms with van der Waals surface area (Å²) in [5.41, 5.74) is -0.269. The molecule has 0 saturated carbocycles. The molecule has 1 heterocycles. The number of hydrogen-bond acceptors (Lipinski definition) is 4. The molecule has 0 aromatic heterocycles. The van der Waals surface area contributed by atoms with Gasteiger partial charge in [-0.25, -0.2) is 4.79 Å². The Balaban J connectivity index is 2.95. The van der Waals surface area contributed by atoms with Crippen LogP contribution in [0.2, 0.25) is 0 Å². The van der Waals surface area contributed by atoms with E-state index in [4.69, 9.17) is 14.0 Å². The van der Waals surface area contributed by atoms with Crippen molar-refractivity contribution >= 4 is 13.2 Å². The first-order valence-corrected chi connectivity index (χ1v) is 9.27. The first-order valence-electron chi connectivity index (χ1n) is 9.27. The molecule has 6 heteroatoms. The Hall–Kier alpha value is -1.01. The molecule has 5 nitrogen and oxygen atoms in total. The fourth-order valence-corrected chi connectivity index (χ4v) is 2.66. The van der Waals surface area contributed by atoms with Gasteiger partial charge < -0.3 is 18.9 Å². The number of nitrogens with zero attached hydrogens (tertiary/aromatic N) is 1. The number of carbonyl (C=O) groups is 1. The topological polar surface area (TPSA) is 48.0 Å². The largest absolute Gasteiger partial charge is 0.490 e. The van der Waals surface area contributed by atoms with E-state index in [1.165, 1.54) is 0 Å². The Kier molecular flexibility index (Phi) is 6.79. The zero-order valence-electron chi connectivity index (χ0n) is 17.7. The van der Waals surface area contributed by atoms with Crippen molar-refractivity contribution in [1.29, 1.82) is 0 Å². The van der Waals surface area contributed by atoms with Crippen LogP contribution >= 0.6 is 0 Å². The summed E-state index contributed by atoms with van der Waals surface area (Å²) in [6, 6.07) is -0.0566. The van der Waals surface area contributed by atoms with Crippen LogP contribution in [0, 0.1) is 0 Å². The van der Waals surface area contributed by atoms with E-state index in [-0.39, 0.29) is 23.3 Å². The van der Waals surface area contributed by atoms with Gasteiger partial charge in [0.2, 0.25) is 0 Å². The molecule has 1 rings (SSSR count). The molecule has 0 radical (unpaired) electrons. The van der Waals surface area contributed by atoms with Gasteiger partial charge in [-0.1, -0.05) is 13.0 Å². The molecule has 1 atom stereocenters. The lowest BCUT2D eigenvalue weighted by atomic mass is 9.78. The third kappa shape index (κ3) is 5.48. The molecular weight excluding hydrogens is 317 g/mol. The monoisotopic (exact) mass is 353 g/mol. The van der Waals surface area contributed by atoms with Gasteiger partial charge in [-0.05, 0) is 74.2 Å². The Morgan fingerprint density at radius 3 is 2.00 bits per heavy atom. The number of hydrogen-bond donors (Lipinski definition) is 0. The van der Waals surface area contributed by atoms with Crippen LogP contribution in [-0.2, 0) is 14.0 Å². The smallest absolute Gasteiger partial charge is 0.444 e. The van der Waals surface area contributed by atoms with Crippen LogP contribution in [0.5, 0.6) is 0 Å². The van der Waals surface area contributed by atoms with E-state index in [0.717, 1.165) is 11.9 Å². The predicted molar refractivity (Wildman–Crippen MR) is 103 cm³/mol. The minimum atomic E-state index is -0.507. The fraction of sp³-hybridized carbons (Fsp3) is 0.842. The first-order chi connectivity index (χ1) is 11.2. The third-order valence-corrected chi connectivity index (χ3v) is 4.87. The Morgan fingerprint density at radius 1 is 1.16 bits per heavy atom. The van der Waals surface area contributed by atoms with E-state index < -0.39 is 12.7 Å². The predicted octanol–water partition coefficient (Wildman–Crippen LogP) is 4.60. The van der Waals surface area contributed by atoms with Crippen LogP contribution in [-0.4, -0.2) is 47.5 Å². The van der Waals surface area contributed by atoms with Crippen molar-refractivity contribution in [2.75, 3.05) is 6.54 Å². The van der Waals surface area contributed by atoms with E-state index in [2.05, 4.69) is 13.0 Å². The second kappa shape index (κ2) is 7.71. The summed E-state index contributed by atoms with van der Waals surface area (Å²) in [5.74, 6) is 0. The molecule has 1 unspecified atom stereocenters. The van der Waals surface area contributed by atoms with Crippen LogP contribution in [0.3, 0.4) is 0 Å².